The number of rotatable bonds is 5. The van der Waals surface area contributed by atoms with E-state index >= 15 is 0 Å². The topological polar surface area (TPSA) is 34.4 Å². The van der Waals surface area contributed by atoms with Crippen LogP contribution in [0.3, 0.4) is 0 Å². The molecule has 1 N–H and O–H groups in total. The number of nitrogens with one attached hydrogen (secondary N) is 1. The van der Waals surface area contributed by atoms with Crippen molar-refractivity contribution in [1.29, 1.82) is 0 Å². The average Bonchev–Trinajstić information content (AvgIpc) is 3.10. The first-order valence-corrected chi connectivity index (χ1v) is 9.39. The SMILES string of the molecule is CCCNC(c1ccoc1C)C1CCOC2(CCSC2)C1. The van der Waals surface area contributed by atoms with Crippen LogP contribution in [0, 0.1) is 12.8 Å². The van der Waals surface area contributed by atoms with Gasteiger partial charge in [0.05, 0.1) is 11.9 Å². The molecule has 1 aromatic heterocycles. The zero-order valence-corrected chi connectivity index (χ0v) is 14.0. The van der Waals surface area contributed by atoms with Gasteiger partial charge in [-0.3, -0.25) is 0 Å². The van der Waals surface area contributed by atoms with Crippen LogP contribution in [0.5, 0.6) is 0 Å². The summed E-state index contributed by atoms with van der Waals surface area (Å²) in [7, 11) is 0. The molecule has 3 atom stereocenters. The van der Waals surface area contributed by atoms with Gasteiger partial charge >= 0.3 is 0 Å². The summed E-state index contributed by atoms with van der Waals surface area (Å²) in [4.78, 5) is 0. The van der Waals surface area contributed by atoms with Gasteiger partial charge in [-0.2, -0.15) is 11.8 Å². The maximum Gasteiger partial charge on any atom is 0.105 e. The number of furan rings is 1. The second-order valence-corrected chi connectivity index (χ2v) is 7.56. The summed E-state index contributed by atoms with van der Waals surface area (Å²) in [5.41, 5.74) is 1.49. The molecule has 1 spiro atoms. The second kappa shape index (κ2) is 6.76. The molecule has 0 saturated carbocycles. The lowest BCUT2D eigenvalue weighted by atomic mass is 9.79. The Morgan fingerprint density at radius 2 is 2.43 bits per heavy atom. The van der Waals surface area contributed by atoms with Gasteiger partial charge < -0.3 is 14.5 Å². The van der Waals surface area contributed by atoms with Crippen LogP contribution in [0.15, 0.2) is 16.7 Å². The molecule has 3 rings (SSSR count). The molecule has 2 fully saturated rings. The van der Waals surface area contributed by atoms with Gasteiger partial charge in [-0.15, -0.1) is 0 Å². The molecule has 0 bridgehead atoms. The van der Waals surface area contributed by atoms with Crippen molar-refractivity contribution >= 4 is 11.8 Å². The molecule has 0 amide bonds. The van der Waals surface area contributed by atoms with E-state index in [9.17, 15) is 0 Å². The van der Waals surface area contributed by atoms with Crippen LogP contribution < -0.4 is 5.32 Å². The van der Waals surface area contributed by atoms with Crippen molar-refractivity contribution in [3.8, 4) is 0 Å². The fraction of sp³-hybridized carbons (Fsp3) is 0.765. The lowest BCUT2D eigenvalue weighted by Gasteiger charge is -2.41. The molecule has 4 heteroatoms. The third-order valence-corrected chi connectivity index (χ3v) is 6.14. The van der Waals surface area contributed by atoms with Gasteiger partial charge in [-0.25, -0.2) is 0 Å². The molecule has 21 heavy (non-hydrogen) atoms. The molecule has 3 unspecified atom stereocenters. The van der Waals surface area contributed by atoms with Gasteiger partial charge in [-0.1, -0.05) is 6.92 Å². The summed E-state index contributed by atoms with van der Waals surface area (Å²) in [6, 6.07) is 2.56. The Morgan fingerprint density at radius 1 is 1.52 bits per heavy atom. The molecule has 2 aliphatic rings. The van der Waals surface area contributed by atoms with Crippen LogP contribution in [0.1, 0.15) is 50.0 Å². The van der Waals surface area contributed by atoms with Crippen LogP contribution in [-0.4, -0.2) is 30.3 Å². The summed E-state index contributed by atoms with van der Waals surface area (Å²) in [6.07, 6.45) is 6.55. The Hall–Kier alpha value is -0.450. The number of hydrogen-bond acceptors (Lipinski definition) is 4. The molecule has 2 saturated heterocycles. The Balaban J connectivity index is 1.77. The van der Waals surface area contributed by atoms with Crippen molar-refractivity contribution in [1.82, 2.24) is 5.32 Å². The van der Waals surface area contributed by atoms with E-state index in [0.717, 1.165) is 31.8 Å². The summed E-state index contributed by atoms with van der Waals surface area (Å²) >= 11 is 2.05. The summed E-state index contributed by atoms with van der Waals surface area (Å²) in [6.45, 7) is 6.28. The van der Waals surface area contributed by atoms with E-state index in [1.807, 2.05) is 18.0 Å². The maximum atomic E-state index is 6.19. The molecule has 0 aromatic carbocycles. The molecule has 3 nitrogen and oxygen atoms in total. The molecular formula is C17H27NO2S. The normalized spacial score (nSPS) is 30.9. The van der Waals surface area contributed by atoms with Crippen LogP contribution in [0.4, 0.5) is 0 Å². The Kier molecular flexibility index (Phi) is 4.97. The first-order valence-electron chi connectivity index (χ1n) is 8.23. The van der Waals surface area contributed by atoms with E-state index in [-0.39, 0.29) is 5.60 Å². The quantitative estimate of drug-likeness (QED) is 0.893. The van der Waals surface area contributed by atoms with E-state index < -0.39 is 0 Å². The number of aryl methyl sites for hydroxylation is 1. The monoisotopic (exact) mass is 309 g/mol. The molecule has 0 radical (unpaired) electrons. The molecular weight excluding hydrogens is 282 g/mol. The molecule has 118 valence electrons. The van der Waals surface area contributed by atoms with Crippen LogP contribution in [0.2, 0.25) is 0 Å². The summed E-state index contributed by atoms with van der Waals surface area (Å²) in [5, 5.41) is 3.77. The highest BCUT2D eigenvalue weighted by atomic mass is 32.2. The Bertz CT molecular complexity index is 453. The fourth-order valence-electron chi connectivity index (χ4n) is 3.76. The molecule has 0 aliphatic carbocycles. The first kappa shape index (κ1) is 15.4. The lowest BCUT2D eigenvalue weighted by Crippen LogP contribution is -2.44. The summed E-state index contributed by atoms with van der Waals surface area (Å²) < 4.78 is 11.7. The van der Waals surface area contributed by atoms with Crippen molar-refractivity contribution in [2.75, 3.05) is 24.7 Å². The molecule has 1 aromatic rings. The lowest BCUT2D eigenvalue weighted by molar-refractivity contribution is -0.0854. The highest BCUT2D eigenvalue weighted by Gasteiger charge is 2.43. The van der Waals surface area contributed by atoms with Crippen molar-refractivity contribution in [3.63, 3.8) is 0 Å². The van der Waals surface area contributed by atoms with Gasteiger partial charge in [0.25, 0.3) is 0 Å². The number of thioether (sulfide) groups is 1. The van der Waals surface area contributed by atoms with Gasteiger partial charge in [0.2, 0.25) is 0 Å². The summed E-state index contributed by atoms with van der Waals surface area (Å²) in [5.74, 6) is 4.14. The van der Waals surface area contributed by atoms with Gasteiger partial charge in [0.1, 0.15) is 5.76 Å². The highest BCUT2D eigenvalue weighted by molar-refractivity contribution is 7.99. The van der Waals surface area contributed by atoms with E-state index in [1.54, 1.807) is 0 Å². The number of hydrogen-bond donors (Lipinski definition) is 1. The van der Waals surface area contributed by atoms with E-state index in [0.29, 0.717) is 12.0 Å². The highest BCUT2D eigenvalue weighted by Crippen LogP contribution is 2.44. The minimum atomic E-state index is 0.150. The van der Waals surface area contributed by atoms with Crippen LogP contribution in [0.25, 0.3) is 0 Å². The van der Waals surface area contributed by atoms with E-state index in [1.165, 1.54) is 29.9 Å². The predicted molar refractivity (Wildman–Crippen MR) is 87.8 cm³/mol. The minimum absolute atomic E-state index is 0.150. The fourth-order valence-corrected chi connectivity index (χ4v) is 5.14. The zero-order valence-electron chi connectivity index (χ0n) is 13.2. The van der Waals surface area contributed by atoms with Gasteiger partial charge in [0.15, 0.2) is 0 Å². The minimum Gasteiger partial charge on any atom is -0.469 e. The average molecular weight is 309 g/mol. The van der Waals surface area contributed by atoms with E-state index in [4.69, 9.17) is 9.15 Å². The number of ether oxygens (including phenoxy) is 1. The van der Waals surface area contributed by atoms with Crippen molar-refractivity contribution < 1.29 is 9.15 Å². The maximum absolute atomic E-state index is 6.19. The van der Waals surface area contributed by atoms with Crippen molar-refractivity contribution in [2.24, 2.45) is 5.92 Å². The van der Waals surface area contributed by atoms with Crippen LogP contribution in [-0.2, 0) is 4.74 Å². The second-order valence-electron chi connectivity index (χ2n) is 6.45. The Morgan fingerprint density at radius 3 is 3.10 bits per heavy atom. The van der Waals surface area contributed by atoms with Crippen molar-refractivity contribution in [3.05, 3.63) is 23.7 Å². The molecule has 3 heterocycles. The first-order chi connectivity index (χ1) is 10.2. The van der Waals surface area contributed by atoms with Crippen molar-refractivity contribution in [2.45, 2.75) is 51.2 Å². The molecule has 2 aliphatic heterocycles. The predicted octanol–water partition coefficient (Wildman–Crippen LogP) is 3.93. The third kappa shape index (κ3) is 3.33. The Labute approximate surface area is 132 Å². The zero-order chi connectivity index (χ0) is 14.7. The largest absolute Gasteiger partial charge is 0.469 e. The van der Waals surface area contributed by atoms with E-state index in [2.05, 4.69) is 25.2 Å². The van der Waals surface area contributed by atoms with Crippen LogP contribution >= 0.6 is 11.8 Å². The third-order valence-electron chi connectivity index (χ3n) is 4.92. The smallest absolute Gasteiger partial charge is 0.105 e. The van der Waals surface area contributed by atoms with Gasteiger partial charge in [0, 0.05) is 24.0 Å². The standard InChI is InChI=1S/C17H27NO2S/c1-3-7-18-16(15-5-8-19-13(15)2)14-4-9-20-17(11-14)6-10-21-12-17/h5,8,14,16,18H,3-4,6-7,9-12H2,1-2H3. The van der Waals surface area contributed by atoms with Gasteiger partial charge in [-0.05, 0) is 56.9 Å².